The lowest BCUT2D eigenvalue weighted by atomic mass is 10.1. The minimum absolute atomic E-state index is 0.114. The zero-order chi connectivity index (χ0) is 15.5. The number of hydrogen-bond acceptors (Lipinski definition) is 5. The van der Waals surface area contributed by atoms with Crippen LogP contribution >= 0.6 is 0 Å². The van der Waals surface area contributed by atoms with Crippen LogP contribution in [0.5, 0.6) is 0 Å². The van der Waals surface area contributed by atoms with Crippen LogP contribution in [0.4, 0.5) is 16.0 Å². The zero-order valence-corrected chi connectivity index (χ0v) is 12.3. The van der Waals surface area contributed by atoms with Crippen molar-refractivity contribution in [1.29, 1.82) is 5.26 Å². The Kier molecular flexibility index (Phi) is 3.88. The van der Waals surface area contributed by atoms with E-state index in [2.05, 4.69) is 14.9 Å². The first-order valence-corrected chi connectivity index (χ1v) is 7.17. The highest BCUT2D eigenvalue weighted by molar-refractivity contribution is 5.60. The summed E-state index contributed by atoms with van der Waals surface area (Å²) in [7, 11) is 0. The molecule has 1 aromatic heterocycles. The smallest absolute Gasteiger partial charge is 0.225 e. The van der Waals surface area contributed by atoms with Crippen molar-refractivity contribution in [2.24, 2.45) is 0 Å². The molecule has 3 rings (SSSR count). The molecule has 1 aliphatic rings. The molecule has 2 aromatic rings. The average molecular weight is 297 g/mol. The van der Waals surface area contributed by atoms with Crippen molar-refractivity contribution in [2.75, 3.05) is 36.0 Å². The molecule has 1 saturated heterocycles. The standard InChI is InChI=1S/C16H16FN5/c1-12-5-6-19-16(20-12)22-9-7-21(8-10-22)15-4-2-3-14(17)13(15)11-18/h2-6H,7-10H2,1H3. The third-order valence-electron chi connectivity index (χ3n) is 3.79. The summed E-state index contributed by atoms with van der Waals surface area (Å²) in [6.45, 7) is 4.83. The Balaban J connectivity index is 1.75. The van der Waals surface area contributed by atoms with E-state index in [0.717, 1.165) is 24.7 Å². The number of anilines is 2. The minimum Gasteiger partial charge on any atom is -0.367 e. The van der Waals surface area contributed by atoms with Gasteiger partial charge in [-0.2, -0.15) is 5.26 Å². The Hall–Kier alpha value is -2.68. The van der Waals surface area contributed by atoms with Gasteiger partial charge in [-0.15, -0.1) is 0 Å². The van der Waals surface area contributed by atoms with E-state index in [4.69, 9.17) is 5.26 Å². The second kappa shape index (κ2) is 5.98. The van der Waals surface area contributed by atoms with Gasteiger partial charge in [0.2, 0.25) is 5.95 Å². The molecule has 0 unspecified atom stereocenters. The monoisotopic (exact) mass is 297 g/mol. The summed E-state index contributed by atoms with van der Waals surface area (Å²) in [4.78, 5) is 12.9. The topological polar surface area (TPSA) is 56.1 Å². The molecule has 0 N–H and O–H groups in total. The van der Waals surface area contributed by atoms with Gasteiger partial charge in [-0.3, -0.25) is 0 Å². The maximum atomic E-state index is 13.7. The second-order valence-electron chi connectivity index (χ2n) is 5.22. The lowest BCUT2D eigenvalue weighted by molar-refractivity contribution is 0.613. The second-order valence-corrected chi connectivity index (χ2v) is 5.22. The third kappa shape index (κ3) is 2.70. The predicted molar refractivity (Wildman–Crippen MR) is 82.3 cm³/mol. The van der Waals surface area contributed by atoms with E-state index in [9.17, 15) is 4.39 Å². The maximum absolute atomic E-state index is 13.7. The molecule has 0 atom stereocenters. The Morgan fingerprint density at radius 1 is 1.14 bits per heavy atom. The van der Waals surface area contributed by atoms with E-state index in [1.165, 1.54) is 6.07 Å². The fourth-order valence-corrected chi connectivity index (χ4v) is 2.62. The molecule has 0 radical (unpaired) electrons. The number of rotatable bonds is 2. The Labute approximate surface area is 128 Å². The van der Waals surface area contributed by atoms with Gasteiger partial charge in [0.15, 0.2) is 0 Å². The molecular weight excluding hydrogens is 281 g/mol. The first-order valence-electron chi connectivity index (χ1n) is 7.17. The SMILES string of the molecule is Cc1ccnc(N2CCN(c3cccc(F)c3C#N)CC2)n1. The van der Waals surface area contributed by atoms with Gasteiger partial charge in [0.1, 0.15) is 17.4 Å². The summed E-state index contributed by atoms with van der Waals surface area (Å²) in [6, 6.07) is 8.57. The number of aromatic nitrogens is 2. The van der Waals surface area contributed by atoms with Crippen LogP contribution in [0.25, 0.3) is 0 Å². The summed E-state index contributed by atoms with van der Waals surface area (Å²) >= 11 is 0. The molecule has 1 fully saturated rings. The number of piperazine rings is 1. The normalized spacial score (nSPS) is 14.8. The van der Waals surface area contributed by atoms with Crippen LogP contribution in [0.1, 0.15) is 11.3 Å². The number of halogens is 1. The van der Waals surface area contributed by atoms with Crippen molar-refractivity contribution in [1.82, 2.24) is 9.97 Å². The molecule has 6 heteroatoms. The largest absolute Gasteiger partial charge is 0.367 e. The summed E-state index contributed by atoms with van der Waals surface area (Å²) in [5, 5.41) is 9.14. The van der Waals surface area contributed by atoms with Gasteiger partial charge >= 0.3 is 0 Å². The molecule has 2 heterocycles. The fraction of sp³-hybridized carbons (Fsp3) is 0.312. The predicted octanol–water partition coefficient (Wildman–Crippen LogP) is 2.12. The third-order valence-corrected chi connectivity index (χ3v) is 3.79. The lowest BCUT2D eigenvalue weighted by Gasteiger charge is -2.36. The number of nitrogens with zero attached hydrogens (tertiary/aromatic N) is 5. The Bertz CT molecular complexity index is 717. The molecule has 0 saturated carbocycles. The van der Waals surface area contributed by atoms with Gasteiger partial charge in [0, 0.05) is 38.1 Å². The number of benzene rings is 1. The van der Waals surface area contributed by atoms with Crippen LogP contribution in [0.3, 0.4) is 0 Å². The van der Waals surface area contributed by atoms with E-state index in [1.54, 1.807) is 18.3 Å². The molecular formula is C16H16FN5. The van der Waals surface area contributed by atoms with Crippen LogP contribution in [-0.2, 0) is 0 Å². The van der Waals surface area contributed by atoms with Crippen LogP contribution in [0.15, 0.2) is 30.5 Å². The van der Waals surface area contributed by atoms with Crippen molar-refractivity contribution in [3.8, 4) is 6.07 Å². The highest BCUT2D eigenvalue weighted by Crippen LogP contribution is 2.24. The van der Waals surface area contributed by atoms with Crippen molar-refractivity contribution in [3.63, 3.8) is 0 Å². The molecule has 0 bridgehead atoms. The quantitative estimate of drug-likeness (QED) is 0.850. The lowest BCUT2D eigenvalue weighted by Crippen LogP contribution is -2.47. The van der Waals surface area contributed by atoms with Crippen molar-refractivity contribution >= 4 is 11.6 Å². The van der Waals surface area contributed by atoms with Gasteiger partial charge in [-0.25, -0.2) is 14.4 Å². The molecule has 0 aliphatic carbocycles. The summed E-state index contributed by atoms with van der Waals surface area (Å²) in [5.41, 5.74) is 1.71. The van der Waals surface area contributed by atoms with E-state index in [-0.39, 0.29) is 5.56 Å². The number of hydrogen-bond donors (Lipinski definition) is 0. The van der Waals surface area contributed by atoms with Crippen LogP contribution < -0.4 is 9.80 Å². The highest BCUT2D eigenvalue weighted by Gasteiger charge is 2.22. The minimum atomic E-state index is -0.468. The molecule has 22 heavy (non-hydrogen) atoms. The Morgan fingerprint density at radius 2 is 1.86 bits per heavy atom. The van der Waals surface area contributed by atoms with Crippen LogP contribution in [0.2, 0.25) is 0 Å². The summed E-state index contributed by atoms with van der Waals surface area (Å²) in [5.74, 6) is 0.254. The molecule has 1 aromatic carbocycles. The van der Waals surface area contributed by atoms with Gasteiger partial charge < -0.3 is 9.80 Å². The molecule has 0 spiro atoms. The average Bonchev–Trinajstić information content (AvgIpc) is 2.55. The summed E-state index contributed by atoms with van der Waals surface area (Å²) < 4.78 is 13.7. The van der Waals surface area contributed by atoms with Crippen molar-refractivity contribution in [3.05, 3.63) is 47.5 Å². The van der Waals surface area contributed by atoms with E-state index in [0.29, 0.717) is 18.8 Å². The van der Waals surface area contributed by atoms with Crippen LogP contribution in [0, 0.1) is 24.1 Å². The number of aryl methyl sites for hydroxylation is 1. The van der Waals surface area contributed by atoms with Crippen molar-refractivity contribution < 1.29 is 4.39 Å². The Morgan fingerprint density at radius 3 is 2.55 bits per heavy atom. The first kappa shape index (κ1) is 14.3. The van der Waals surface area contributed by atoms with Gasteiger partial charge in [0.05, 0.1) is 5.69 Å². The van der Waals surface area contributed by atoms with Gasteiger partial charge in [0.25, 0.3) is 0 Å². The van der Waals surface area contributed by atoms with Gasteiger partial charge in [-0.05, 0) is 25.1 Å². The van der Waals surface area contributed by atoms with Crippen LogP contribution in [-0.4, -0.2) is 36.1 Å². The maximum Gasteiger partial charge on any atom is 0.225 e. The van der Waals surface area contributed by atoms with Gasteiger partial charge in [-0.1, -0.05) is 6.07 Å². The van der Waals surface area contributed by atoms with E-state index in [1.807, 2.05) is 24.0 Å². The number of nitriles is 1. The molecule has 112 valence electrons. The first-order chi connectivity index (χ1) is 10.7. The fourth-order valence-electron chi connectivity index (χ4n) is 2.62. The zero-order valence-electron chi connectivity index (χ0n) is 12.3. The molecule has 1 aliphatic heterocycles. The molecule has 5 nitrogen and oxygen atoms in total. The van der Waals surface area contributed by atoms with E-state index >= 15 is 0 Å². The summed E-state index contributed by atoms with van der Waals surface area (Å²) in [6.07, 6.45) is 1.75. The van der Waals surface area contributed by atoms with E-state index < -0.39 is 5.82 Å². The molecule has 0 amide bonds. The highest BCUT2D eigenvalue weighted by atomic mass is 19.1. The van der Waals surface area contributed by atoms with Crippen molar-refractivity contribution in [2.45, 2.75) is 6.92 Å².